The van der Waals surface area contributed by atoms with Gasteiger partial charge in [-0.15, -0.1) is 11.3 Å². The largest absolute Gasteiger partial charge is 0.348 e. The minimum absolute atomic E-state index is 0.0506. The Morgan fingerprint density at radius 2 is 1.61 bits per heavy atom. The molecule has 0 atom stereocenters. The van der Waals surface area contributed by atoms with Crippen LogP contribution in [0.15, 0.2) is 24.3 Å². The summed E-state index contributed by atoms with van der Waals surface area (Å²) in [5.41, 5.74) is 5.07. The number of hydrogen-bond donors (Lipinski definition) is 0. The van der Waals surface area contributed by atoms with Gasteiger partial charge in [-0.05, 0) is 67.7 Å². The van der Waals surface area contributed by atoms with Gasteiger partial charge in [0.15, 0.2) is 6.29 Å². The average molecular weight is 535 g/mol. The van der Waals surface area contributed by atoms with E-state index in [1.54, 1.807) is 11.3 Å². The smallest absolute Gasteiger partial charge is 0.335 e. The van der Waals surface area contributed by atoms with Crippen molar-refractivity contribution in [1.29, 1.82) is 0 Å². The molecule has 1 aliphatic rings. The normalized spacial score (nSPS) is 16.7. The molecular formula is C29H43O5PS. The van der Waals surface area contributed by atoms with Gasteiger partial charge < -0.3 is 18.5 Å². The van der Waals surface area contributed by atoms with Crippen molar-refractivity contribution in [3.63, 3.8) is 0 Å². The number of hydrogen-bond acceptors (Lipinski definition) is 6. The summed E-state index contributed by atoms with van der Waals surface area (Å²) in [4.78, 5) is 2.12. The van der Waals surface area contributed by atoms with Crippen molar-refractivity contribution in [3.05, 3.63) is 56.3 Å². The van der Waals surface area contributed by atoms with Gasteiger partial charge >= 0.3 is 7.60 Å². The molecule has 0 amide bonds. The first-order chi connectivity index (χ1) is 17.2. The Kier molecular flexibility index (Phi) is 11.0. The second-order valence-corrected chi connectivity index (χ2v) is 13.4. The minimum atomic E-state index is -3.10. The quantitative estimate of drug-likeness (QED) is 0.241. The van der Waals surface area contributed by atoms with Crippen LogP contribution in [0.2, 0.25) is 0 Å². The fourth-order valence-corrected chi connectivity index (χ4v) is 7.37. The van der Waals surface area contributed by atoms with Crippen LogP contribution in [0, 0.1) is 5.41 Å². The fraction of sp³-hybridized carbons (Fsp3) is 0.586. The van der Waals surface area contributed by atoms with E-state index < -0.39 is 7.60 Å². The van der Waals surface area contributed by atoms with E-state index >= 15 is 0 Å². The predicted octanol–water partition coefficient (Wildman–Crippen LogP) is 8.66. The summed E-state index contributed by atoms with van der Waals surface area (Å²) in [6.45, 7) is 14.6. The molecule has 5 nitrogen and oxygen atoms in total. The Balaban J connectivity index is 1.85. The first-order valence-electron chi connectivity index (χ1n) is 13.3. The van der Waals surface area contributed by atoms with Gasteiger partial charge in [-0.3, -0.25) is 4.57 Å². The molecule has 1 aliphatic heterocycles. The molecule has 1 saturated heterocycles. The third kappa shape index (κ3) is 8.11. The van der Waals surface area contributed by atoms with E-state index in [0.717, 1.165) is 35.4 Å². The van der Waals surface area contributed by atoms with E-state index in [1.807, 2.05) is 19.9 Å². The first-order valence-corrected chi connectivity index (χ1v) is 15.8. The molecule has 1 aromatic heterocycles. The Morgan fingerprint density at radius 1 is 0.972 bits per heavy atom. The highest BCUT2D eigenvalue weighted by molar-refractivity contribution is 7.53. The Labute approximate surface area is 221 Å². The number of aryl methyl sites for hydroxylation is 2. The minimum Gasteiger partial charge on any atom is -0.348 e. The number of thiophene rings is 1. The van der Waals surface area contributed by atoms with Gasteiger partial charge in [0.25, 0.3) is 0 Å². The van der Waals surface area contributed by atoms with Crippen LogP contribution >= 0.6 is 18.9 Å². The van der Waals surface area contributed by atoms with E-state index in [0.29, 0.717) is 32.6 Å². The molecule has 2 heterocycles. The zero-order valence-electron chi connectivity index (χ0n) is 22.8. The Hall–Kier alpha value is -1.27. The summed E-state index contributed by atoms with van der Waals surface area (Å²) < 4.78 is 36.2. The Bertz CT molecular complexity index is 1040. The molecule has 3 rings (SSSR count). The molecule has 0 aliphatic carbocycles. The lowest BCUT2D eigenvalue weighted by atomic mass is 9.91. The zero-order chi connectivity index (χ0) is 26.2. The molecule has 7 heteroatoms. The maximum atomic E-state index is 12.9. The highest BCUT2D eigenvalue weighted by atomic mass is 32.1. The molecule has 0 unspecified atom stereocenters. The van der Waals surface area contributed by atoms with Crippen molar-refractivity contribution in [1.82, 2.24) is 0 Å². The SMILES string of the molecule is CCCc1cc(C2OCC(C)(C)CO2)c(CCC)cc1/C=C/c1ccc(CP(=O)(OCC)OCC)s1. The summed E-state index contributed by atoms with van der Waals surface area (Å²) >= 11 is 1.63. The summed E-state index contributed by atoms with van der Waals surface area (Å²) in [5, 5.41) is 0. The van der Waals surface area contributed by atoms with Crippen molar-refractivity contribution in [2.45, 2.75) is 79.7 Å². The third-order valence-electron chi connectivity index (χ3n) is 6.06. The van der Waals surface area contributed by atoms with Crippen LogP contribution in [0.1, 0.15) is 92.7 Å². The maximum absolute atomic E-state index is 12.9. The fourth-order valence-electron chi connectivity index (χ4n) is 4.40. The van der Waals surface area contributed by atoms with Crippen molar-refractivity contribution in [2.24, 2.45) is 5.41 Å². The molecule has 0 N–H and O–H groups in total. The van der Waals surface area contributed by atoms with E-state index in [2.05, 4.69) is 58.0 Å². The monoisotopic (exact) mass is 534 g/mol. The third-order valence-corrected chi connectivity index (χ3v) is 9.35. The average Bonchev–Trinajstić information content (AvgIpc) is 3.26. The van der Waals surface area contributed by atoms with Crippen LogP contribution < -0.4 is 0 Å². The molecule has 2 aromatic rings. The van der Waals surface area contributed by atoms with E-state index in [4.69, 9.17) is 18.5 Å². The molecular weight excluding hydrogens is 491 g/mol. The second kappa shape index (κ2) is 13.5. The summed E-state index contributed by atoms with van der Waals surface area (Å²) in [7, 11) is -3.10. The first kappa shape index (κ1) is 29.3. The van der Waals surface area contributed by atoms with Gasteiger partial charge in [-0.25, -0.2) is 0 Å². The molecule has 200 valence electrons. The molecule has 0 radical (unpaired) electrons. The highest BCUT2D eigenvalue weighted by Gasteiger charge is 2.30. The maximum Gasteiger partial charge on any atom is 0.335 e. The van der Waals surface area contributed by atoms with E-state index in [9.17, 15) is 4.57 Å². The Morgan fingerprint density at radius 3 is 2.22 bits per heavy atom. The number of rotatable bonds is 13. The molecule has 0 spiro atoms. The van der Waals surface area contributed by atoms with Crippen LogP contribution in [0.3, 0.4) is 0 Å². The second-order valence-electron chi connectivity index (χ2n) is 10.1. The standard InChI is InChI=1S/C29H43O5PS/c1-7-11-22-18-27(28-31-20-29(5,6)21-32-28)24(12-8-2)17-23(22)13-14-25-15-16-26(36-25)19-35(30,33-9-3)34-10-4/h13-18,28H,7-12,19-21H2,1-6H3/b14-13+. The van der Waals surface area contributed by atoms with E-state index in [-0.39, 0.29) is 11.7 Å². The predicted molar refractivity (Wildman–Crippen MR) is 151 cm³/mol. The van der Waals surface area contributed by atoms with Crippen molar-refractivity contribution >= 4 is 31.1 Å². The van der Waals surface area contributed by atoms with Crippen LogP contribution in [-0.2, 0) is 42.1 Å². The van der Waals surface area contributed by atoms with Gasteiger partial charge in [0.2, 0.25) is 0 Å². The molecule has 0 bridgehead atoms. The van der Waals surface area contributed by atoms with Gasteiger partial charge in [0.05, 0.1) is 32.6 Å². The zero-order valence-corrected chi connectivity index (χ0v) is 24.5. The lowest BCUT2D eigenvalue weighted by Gasteiger charge is -2.35. The van der Waals surface area contributed by atoms with Gasteiger partial charge in [0, 0.05) is 20.7 Å². The van der Waals surface area contributed by atoms with Gasteiger partial charge in [-0.1, -0.05) is 52.7 Å². The van der Waals surface area contributed by atoms with Crippen LogP contribution in [-0.4, -0.2) is 26.4 Å². The highest BCUT2D eigenvalue weighted by Crippen LogP contribution is 2.52. The van der Waals surface area contributed by atoms with Crippen molar-refractivity contribution in [2.75, 3.05) is 26.4 Å². The molecule has 1 fully saturated rings. The van der Waals surface area contributed by atoms with Crippen LogP contribution in [0.4, 0.5) is 0 Å². The summed E-state index contributed by atoms with van der Waals surface area (Å²) in [5.74, 6) is 0. The summed E-state index contributed by atoms with van der Waals surface area (Å²) in [6.07, 6.45) is 8.50. The van der Waals surface area contributed by atoms with Crippen LogP contribution in [0.25, 0.3) is 12.2 Å². The lowest BCUT2D eigenvalue weighted by molar-refractivity contribution is -0.226. The molecule has 0 saturated carbocycles. The number of ether oxygens (including phenoxy) is 2. The lowest BCUT2D eigenvalue weighted by Crippen LogP contribution is -2.34. The topological polar surface area (TPSA) is 54.0 Å². The van der Waals surface area contributed by atoms with Crippen LogP contribution in [0.5, 0.6) is 0 Å². The van der Waals surface area contributed by atoms with Gasteiger partial charge in [-0.2, -0.15) is 0 Å². The number of benzene rings is 1. The molecule has 36 heavy (non-hydrogen) atoms. The van der Waals surface area contributed by atoms with Crippen molar-refractivity contribution < 1.29 is 23.1 Å². The van der Waals surface area contributed by atoms with Gasteiger partial charge in [0.1, 0.15) is 0 Å². The molecule has 1 aromatic carbocycles. The van der Waals surface area contributed by atoms with E-state index in [1.165, 1.54) is 22.3 Å². The summed E-state index contributed by atoms with van der Waals surface area (Å²) in [6, 6.07) is 8.72. The van der Waals surface area contributed by atoms with Crippen molar-refractivity contribution in [3.8, 4) is 0 Å².